The molecule has 0 fully saturated rings. The Kier molecular flexibility index (Phi) is 5.66. The van der Waals surface area contributed by atoms with Crippen molar-refractivity contribution in [2.75, 3.05) is 13.2 Å². The van der Waals surface area contributed by atoms with Gasteiger partial charge in [-0.2, -0.15) is 0 Å². The van der Waals surface area contributed by atoms with Gasteiger partial charge in [0, 0.05) is 35.0 Å². The van der Waals surface area contributed by atoms with E-state index in [4.69, 9.17) is 9.26 Å². The molecular formula is C21H19FN2O3S. The first kappa shape index (κ1) is 18.6. The van der Waals surface area contributed by atoms with Crippen molar-refractivity contribution < 1.29 is 18.8 Å². The molecule has 0 aliphatic rings. The molecule has 5 nitrogen and oxygen atoms in total. The van der Waals surface area contributed by atoms with Gasteiger partial charge in [0.05, 0.1) is 0 Å². The van der Waals surface area contributed by atoms with Gasteiger partial charge in [-0.05, 0) is 35.7 Å². The molecule has 28 heavy (non-hydrogen) atoms. The number of ether oxygens (including phenoxy) is 1. The number of aromatic nitrogens is 1. The minimum absolute atomic E-state index is 0.172. The van der Waals surface area contributed by atoms with Crippen molar-refractivity contribution in [2.24, 2.45) is 0 Å². The van der Waals surface area contributed by atoms with Crippen molar-refractivity contribution in [1.82, 2.24) is 10.5 Å². The Labute approximate surface area is 165 Å². The smallest absolute Gasteiger partial charge is 0.170 e. The molecule has 0 spiro atoms. The lowest BCUT2D eigenvalue weighted by Gasteiger charge is -2.13. The number of hydrogen-bond acceptors (Lipinski definition) is 6. The first-order valence-corrected chi connectivity index (χ1v) is 9.76. The minimum atomic E-state index is -0.625. The molecule has 7 heteroatoms. The Bertz CT molecular complexity index is 1050. The Morgan fingerprint density at radius 3 is 2.96 bits per heavy atom. The van der Waals surface area contributed by atoms with E-state index in [0.717, 1.165) is 17.5 Å². The van der Waals surface area contributed by atoms with Crippen LogP contribution in [0.25, 0.3) is 22.2 Å². The number of thiophene rings is 1. The first-order valence-electron chi connectivity index (χ1n) is 8.88. The monoisotopic (exact) mass is 398 g/mol. The van der Waals surface area contributed by atoms with Crippen LogP contribution >= 0.6 is 11.3 Å². The maximum atomic E-state index is 13.3. The Morgan fingerprint density at radius 2 is 2.11 bits per heavy atom. The van der Waals surface area contributed by atoms with Crippen molar-refractivity contribution in [3.63, 3.8) is 0 Å². The molecule has 2 aromatic carbocycles. The molecular weight excluding hydrogens is 379 g/mol. The maximum Gasteiger partial charge on any atom is 0.170 e. The van der Waals surface area contributed by atoms with Gasteiger partial charge in [-0.25, -0.2) is 4.39 Å². The number of halogens is 1. The van der Waals surface area contributed by atoms with Crippen LogP contribution in [0.2, 0.25) is 0 Å². The number of rotatable bonds is 8. The fourth-order valence-electron chi connectivity index (χ4n) is 2.88. The first-order chi connectivity index (χ1) is 13.7. The van der Waals surface area contributed by atoms with Gasteiger partial charge < -0.3 is 19.7 Å². The maximum absolute atomic E-state index is 13.3. The summed E-state index contributed by atoms with van der Waals surface area (Å²) in [4.78, 5) is 1.22. The lowest BCUT2D eigenvalue weighted by Crippen LogP contribution is -2.30. The van der Waals surface area contributed by atoms with Crippen LogP contribution in [0.1, 0.15) is 4.88 Å². The average molecular weight is 398 g/mol. The van der Waals surface area contributed by atoms with E-state index in [1.54, 1.807) is 17.4 Å². The summed E-state index contributed by atoms with van der Waals surface area (Å²) in [5.74, 6) is 0.252. The number of aliphatic hydroxyl groups is 1. The second-order valence-corrected chi connectivity index (χ2v) is 7.41. The molecule has 0 saturated carbocycles. The van der Waals surface area contributed by atoms with Gasteiger partial charge in [0.1, 0.15) is 30.0 Å². The zero-order valence-electron chi connectivity index (χ0n) is 15.0. The molecule has 4 aromatic rings. The zero-order valence-corrected chi connectivity index (χ0v) is 15.8. The van der Waals surface area contributed by atoms with E-state index >= 15 is 0 Å². The highest BCUT2D eigenvalue weighted by Crippen LogP contribution is 2.30. The van der Waals surface area contributed by atoms with E-state index in [2.05, 4.69) is 10.5 Å². The topological polar surface area (TPSA) is 67.5 Å². The van der Waals surface area contributed by atoms with Crippen molar-refractivity contribution in [3.8, 4) is 17.0 Å². The molecule has 2 N–H and O–H groups in total. The van der Waals surface area contributed by atoms with Gasteiger partial charge in [0.2, 0.25) is 0 Å². The summed E-state index contributed by atoms with van der Waals surface area (Å²) in [5, 5.41) is 20.1. The van der Waals surface area contributed by atoms with Crippen LogP contribution in [-0.2, 0) is 6.54 Å². The predicted molar refractivity (Wildman–Crippen MR) is 107 cm³/mol. The molecule has 0 aliphatic carbocycles. The lowest BCUT2D eigenvalue weighted by atomic mass is 10.1. The summed E-state index contributed by atoms with van der Waals surface area (Å²) in [6.45, 7) is 1.34. The summed E-state index contributed by atoms with van der Waals surface area (Å²) in [6, 6.07) is 15.8. The molecule has 0 bridgehead atoms. The third-order valence-electron chi connectivity index (χ3n) is 4.24. The number of nitrogens with one attached hydrogen (secondary N) is 1. The van der Waals surface area contributed by atoms with Gasteiger partial charge in [-0.15, -0.1) is 11.3 Å². The summed E-state index contributed by atoms with van der Waals surface area (Å²) in [6.07, 6.45) is -0.625. The standard InChI is InChI=1S/C21H19FN2O3S/c22-15-6-7-19-20(10-15)27-24-21(19)14-3-1-4-17(9-14)26-13-16(25)11-23-12-18-5-2-8-28-18/h1-10,16,23,25H,11-13H2/t16-/m0/s1. The zero-order chi connectivity index (χ0) is 19.3. The van der Waals surface area contributed by atoms with Crippen LogP contribution in [0.5, 0.6) is 5.75 Å². The molecule has 1 atom stereocenters. The predicted octanol–water partition coefficient (Wildman–Crippen LogP) is 4.22. The normalized spacial score (nSPS) is 12.4. The van der Waals surface area contributed by atoms with Crippen LogP contribution in [0, 0.1) is 5.82 Å². The quantitative estimate of drug-likeness (QED) is 0.465. The summed E-state index contributed by atoms with van der Waals surface area (Å²) in [5.41, 5.74) is 1.82. The van der Waals surface area contributed by atoms with Crippen LogP contribution in [0.15, 0.2) is 64.5 Å². The summed E-state index contributed by atoms with van der Waals surface area (Å²) < 4.78 is 24.3. The van der Waals surface area contributed by atoms with Gasteiger partial charge in [-0.1, -0.05) is 23.4 Å². The van der Waals surface area contributed by atoms with Crippen molar-refractivity contribution >= 4 is 22.3 Å². The SMILES string of the molecule is O[C@@H](CNCc1cccs1)COc1cccc(-c2noc3cc(F)ccc23)c1. The number of benzene rings is 2. The second kappa shape index (κ2) is 8.52. The highest BCUT2D eigenvalue weighted by molar-refractivity contribution is 7.09. The molecule has 2 heterocycles. The van der Waals surface area contributed by atoms with Crippen molar-refractivity contribution in [3.05, 3.63) is 70.7 Å². The molecule has 0 aliphatic heterocycles. The Morgan fingerprint density at radius 1 is 1.18 bits per heavy atom. The molecule has 144 valence electrons. The third-order valence-corrected chi connectivity index (χ3v) is 5.12. The summed E-state index contributed by atoms with van der Waals surface area (Å²) in [7, 11) is 0. The van der Waals surface area contributed by atoms with Gasteiger partial charge in [-0.3, -0.25) is 0 Å². The van der Waals surface area contributed by atoms with Crippen LogP contribution in [0.3, 0.4) is 0 Å². The molecule has 2 aromatic heterocycles. The highest BCUT2D eigenvalue weighted by atomic mass is 32.1. The molecule has 0 radical (unpaired) electrons. The van der Waals surface area contributed by atoms with E-state index in [1.807, 2.05) is 41.8 Å². The molecule has 0 saturated heterocycles. The van der Waals surface area contributed by atoms with Gasteiger partial charge in [0.25, 0.3) is 0 Å². The van der Waals surface area contributed by atoms with E-state index in [0.29, 0.717) is 23.6 Å². The van der Waals surface area contributed by atoms with E-state index in [1.165, 1.54) is 17.0 Å². The van der Waals surface area contributed by atoms with Crippen LogP contribution < -0.4 is 10.1 Å². The number of fused-ring (bicyclic) bond motifs is 1. The fraction of sp³-hybridized carbons (Fsp3) is 0.190. The van der Waals surface area contributed by atoms with E-state index < -0.39 is 6.10 Å². The average Bonchev–Trinajstić information content (AvgIpc) is 3.36. The summed E-state index contributed by atoms with van der Waals surface area (Å²) >= 11 is 1.68. The Hall–Kier alpha value is -2.74. The highest BCUT2D eigenvalue weighted by Gasteiger charge is 2.12. The largest absolute Gasteiger partial charge is 0.491 e. The number of nitrogens with zero attached hydrogens (tertiary/aromatic N) is 1. The lowest BCUT2D eigenvalue weighted by molar-refractivity contribution is 0.106. The minimum Gasteiger partial charge on any atom is -0.491 e. The fourth-order valence-corrected chi connectivity index (χ4v) is 3.55. The second-order valence-electron chi connectivity index (χ2n) is 6.37. The van der Waals surface area contributed by atoms with Crippen LogP contribution in [0.4, 0.5) is 4.39 Å². The van der Waals surface area contributed by atoms with Crippen LogP contribution in [-0.4, -0.2) is 29.5 Å². The van der Waals surface area contributed by atoms with Crippen molar-refractivity contribution in [2.45, 2.75) is 12.6 Å². The van der Waals surface area contributed by atoms with Gasteiger partial charge >= 0.3 is 0 Å². The van der Waals surface area contributed by atoms with Gasteiger partial charge in [0.15, 0.2) is 5.58 Å². The Balaban J connectivity index is 1.37. The third kappa shape index (κ3) is 4.39. The van der Waals surface area contributed by atoms with E-state index in [-0.39, 0.29) is 12.4 Å². The van der Waals surface area contributed by atoms with Crippen molar-refractivity contribution in [1.29, 1.82) is 0 Å². The number of hydrogen-bond donors (Lipinski definition) is 2. The molecule has 0 unspecified atom stereocenters. The molecule has 0 amide bonds. The number of aliphatic hydroxyl groups excluding tert-OH is 1. The molecule has 4 rings (SSSR count). The van der Waals surface area contributed by atoms with E-state index in [9.17, 15) is 9.50 Å².